The minimum atomic E-state index is -0.772. The van der Waals surface area contributed by atoms with Crippen LogP contribution in [-0.4, -0.2) is 37.2 Å². The van der Waals surface area contributed by atoms with Crippen molar-refractivity contribution in [1.82, 2.24) is 0 Å². The summed E-state index contributed by atoms with van der Waals surface area (Å²) in [5.41, 5.74) is 0. The van der Waals surface area contributed by atoms with Gasteiger partial charge in [0.05, 0.1) is 0 Å². The highest BCUT2D eigenvalue weighted by Crippen LogP contribution is 2.19. The second-order valence-corrected chi connectivity index (χ2v) is 24.5. The van der Waals surface area contributed by atoms with Crippen LogP contribution in [0.2, 0.25) is 0 Å². The molecule has 80 heavy (non-hydrogen) atoms. The quantitative estimate of drug-likeness (QED) is 0.0261. The molecular weight excluding hydrogens is 985 g/mol. The summed E-state index contributed by atoms with van der Waals surface area (Å²) in [6, 6.07) is 0. The number of unbranched alkanes of at least 4 members (excludes halogenated alkanes) is 50. The zero-order chi connectivity index (χ0) is 57.8. The molecule has 1 unspecified atom stereocenters. The van der Waals surface area contributed by atoms with E-state index in [1.807, 2.05) is 0 Å². The second kappa shape index (κ2) is 69.1. The summed E-state index contributed by atoms with van der Waals surface area (Å²) in [6.07, 6.45) is 86.3. The molecule has 0 saturated carbocycles. The summed E-state index contributed by atoms with van der Waals surface area (Å²) < 4.78 is 17.0. The maximum atomic E-state index is 12.9. The van der Waals surface area contributed by atoms with Crippen LogP contribution in [0.1, 0.15) is 400 Å². The molecular formula is C74H138O6. The molecule has 0 saturated heterocycles. The third-order valence-electron chi connectivity index (χ3n) is 16.3. The number of carbonyl (C=O) groups is 3. The molecule has 0 aliphatic rings. The first-order valence-electron chi connectivity index (χ1n) is 36.0. The Balaban J connectivity index is 4.11. The largest absolute Gasteiger partial charge is 0.462 e. The number of esters is 3. The number of ether oxygens (including phenoxy) is 3. The molecule has 0 heterocycles. The molecule has 0 aliphatic heterocycles. The highest BCUT2D eigenvalue weighted by Gasteiger charge is 2.19. The molecule has 0 aromatic rings. The molecule has 0 radical (unpaired) electrons. The van der Waals surface area contributed by atoms with Gasteiger partial charge in [0, 0.05) is 19.3 Å². The van der Waals surface area contributed by atoms with E-state index in [0.29, 0.717) is 19.3 Å². The fourth-order valence-electron chi connectivity index (χ4n) is 11.0. The summed E-state index contributed by atoms with van der Waals surface area (Å²) in [5.74, 6) is -0.852. The van der Waals surface area contributed by atoms with Crippen molar-refractivity contribution >= 4 is 17.9 Å². The molecule has 0 amide bonds. The van der Waals surface area contributed by atoms with Gasteiger partial charge in [-0.05, 0) is 70.6 Å². The Hall–Kier alpha value is -2.37. The van der Waals surface area contributed by atoms with Crippen LogP contribution in [0, 0.1) is 0 Å². The Bertz CT molecular complexity index is 1340. The van der Waals surface area contributed by atoms with Crippen LogP contribution in [0.15, 0.2) is 36.5 Å². The Morgan fingerprint density at radius 1 is 0.250 bits per heavy atom. The van der Waals surface area contributed by atoms with E-state index in [4.69, 9.17) is 14.2 Å². The third-order valence-corrected chi connectivity index (χ3v) is 16.3. The van der Waals surface area contributed by atoms with Gasteiger partial charge in [0.25, 0.3) is 0 Å². The van der Waals surface area contributed by atoms with Crippen molar-refractivity contribution in [3.8, 4) is 0 Å². The van der Waals surface area contributed by atoms with E-state index < -0.39 is 6.10 Å². The van der Waals surface area contributed by atoms with E-state index in [0.717, 1.165) is 77.0 Å². The van der Waals surface area contributed by atoms with Gasteiger partial charge in [-0.25, -0.2) is 0 Å². The molecule has 0 fully saturated rings. The van der Waals surface area contributed by atoms with Gasteiger partial charge >= 0.3 is 17.9 Å². The van der Waals surface area contributed by atoms with Crippen molar-refractivity contribution in [2.45, 2.75) is 406 Å². The highest BCUT2D eigenvalue weighted by atomic mass is 16.6. The molecule has 1 atom stereocenters. The first-order chi connectivity index (χ1) is 39.5. The zero-order valence-electron chi connectivity index (χ0n) is 54.1. The van der Waals surface area contributed by atoms with Gasteiger partial charge in [-0.15, -0.1) is 0 Å². The first kappa shape index (κ1) is 77.6. The van der Waals surface area contributed by atoms with Gasteiger partial charge in [0.2, 0.25) is 0 Å². The lowest BCUT2D eigenvalue weighted by Crippen LogP contribution is -2.30. The topological polar surface area (TPSA) is 78.9 Å². The van der Waals surface area contributed by atoms with Crippen molar-refractivity contribution in [2.75, 3.05) is 13.2 Å². The maximum Gasteiger partial charge on any atom is 0.306 e. The van der Waals surface area contributed by atoms with Crippen molar-refractivity contribution in [2.24, 2.45) is 0 Å². The molecule has 6 heteroatoms. The third kappa shape index (κ3) is 66.4. The fourth-order valence-corrected chi connectivity index (χ4v) is 11.0. The lowest BCUT2D eigenvalue weighted by atomic mass is 10.0. The Morgan fingerprint density at radius 3 is 0.750 bits per heavy atom. The van der Waals surface area contributed by atoms with Gasteiger partial charge in [0.15, 0.2) is 6.10 Å². The van der Waals surface area contributed by atoms with Gasteiger partial charge in [-0.2, -0.15) is 0 Å². The van der Waals surface area contributed by atoms with Gasteiger partial charge < -0.3 is 14.2 Å². The van der Waals surface area contributed by atoms with Crippen LogP contribution in [-0.2, 0) is 28.6 Å². The predicted molar refractivity (Wildman–Crippen MR) is 349 cm³/mol. The predicted octanol–water partition coefficient (Wildman–Crippen LogP) is 24.7. The number of hydrogen-bond donors (Lipinski definition) is 0. The SMILES string of the molecule is CCC/C=C\CCCCCCCC(=O)OCC(COC(=O)CCCCCCCCCCCCCCCCCCC/C=C\C/C=C\CCCCCCC)OC(=O)CCCCCCCCCCCCCCCCCCCCCCCCC. The first-order valence-corrected chi connectivity index (χ1v) is 36.0. The van der Waals surface area contributed by atoms with Crippen LogP contribution < -0.4 is 0 Å². The second-order valence-electron chi connectivity index (χ2n) is 24.5. The number of hydrogen-bond acceptors (Lipinski definition) is 6. The standard InChI is InChI=1S/C74H138O6/c1-4-7-10-13-16-19-22-24-26-28-30-32-34-35-36-37-38-39-41-42-44-46-48-50-52-55-58-61-64-67-73(76)79-70-71(69-78-72(75)66-63-60-57-54-21-18-15-12-9-6-3)80-74(77)68-65-62-59-56-53-51-49-47-45-43-40-33-31-29-27-25-23-20-17-14-11-8-5-2/h12,15,22,24,28,30,71H,4-11,13-14,16-21,23,25-27,29,31-70H2,1-3H3/b15-12-,24-22-,30-28-. The molecule has 0 bridgehead atoms. The summed E-state index contributed by atoms with van der Waals surface area (Å²) in [4.78, 5) is 38.3. The van der Waals surface area contributed by atoms with E-state index in [-0.39, 0.29) is 31.1 Å². The molecule has 470 valence electrons. The lowest BCUT2D eigenvalue weighted by molar-refractivity contribution is -0.167. The van der Waals surface area contributed by atoms with Crippen molar-refractivity contribution < 1.29 is 28.6 Å². The zero-order valence-corrected chi connectivity index (χ0v) is 54.1. The average molecular weight is 1120 g/mol. The van der Waals surface area contributed by atoms with Gasteiger partial charge in [-0.1, -0.05) is 346 Å². The van der Waals surface area contributed by atoms with Crippen LogP contribution in [0.3, 0.4) is 0 Å². The molecule has 0 N–H and O–H groups in total. The molecule has 0 rings (SSSR count). The van der Waals surface area contributed by atoms with E-state index in [1.54, 1.807) is 0 Å². The summed E-state index contributed by atoms with van der Waals surface area (Å²) in [7, 11) is 0. The Kier molecular flexibility index (Phi) is 67.1. The maximum absolute atomic E-state index is 12.9. The van der Waals surface area contributed by atoms with Crippen molar-refractivity contribution in [3.63, 3.8) is 0 Å². The van der Waals surface area contributed by atoms with Crippen molar-refractivity contribution in [1.29, 1.82) is 0 Å². The Morgan fingerprint density at radius 2 is 0.475 bits per heavy atom. The summed E-state index contributed by atoms with van der Waals surface area (Å²) in [6.45, 7) is 6.64. The summed E-state index contributed by atoms with van der Waals surface area (Å²) >= 11 is 0. The van der Waals surface area contributed by atoms with Gasteiger partial charge in [0.1, 0.15) is 13.2 Å². The normalized spacial score (nSPS) is 12.2. The van der Waals surface area contributed by atoms with Crippen molar-refractivity contribution in [3.05, 3.63) is 36.5 Å². The van der Waals surface area contributed by atoms with Crippen LogP contribution in [0.5, 0.6) is 0 Å². The summed E-state index contributed by atoms with van der Waals surface area (Å²) in [5, 5.41) is 0. The molecule has 6 nitrogen and oxygen atoms in total. The lowest BCUT2D eigenvalue weighted by Gasteiger charge is -2.18. The van der Waals surface area contributed by atoms with Gasteiger partial charge in [-0.3, -0.25) is 14.4 Å². The minimum Gasteiger partial charge on any atom is -0.462 e. The molecule has 0 aliphatic carbocycles. The molecule has 0 aromatic heterocycles. The van der Waals surface area contributed by atoms with E-state index in [2.05, 4.69) is 57.2 Å². The van der Waals surface area contributed by atoms with Crippen LogP contribution in [0.25, 0.3) is 0 Å². The minimum absolute atomic E-state index is 0.0692. The van der Waals surface area contributed by atoms with E-state index in [9.17, 15) is 14.4 Å². The van der Waals surface area contributed by atoms with E-state index >= 15 is 0 Å². The number of carbonyl (C=O) groups excluding carboxylic acids is 3. The molecule has 0 aromatic carbocycles. The number of allylic oxidation sites excluding steroid dienone is 6. The number of rotatable bonds is 67. The Labute approximate surface area is 499 Å². The average Bonchev–Trinajstić information content (AvgIpc) is 3.46. The monoisotopic (exact) mass is 1120 g/mol. The van der Waals surface area contributed by atoms with Crippen LogP contribution >= 0.6 is 0 Å². The highest BCUT2D eigenvalue weighted by molar-refractivity contribution is 5.71. The molecule has 0 spiro atoms. The smallest absolute Gasteiger partial charge is 0.306 e. The fraction of sp³-hybridized carbons (Fsp3) is 0.878. The van der Waals surface area contributed by atoms with E-state index in [1.165, 1.54) is 283 Å². The van der Waals surface area contributed by atoms with Crippen LogP contribution in [0.4, 0.5) is 0 Å².